The van der Waals surface area contributed by atoms with Crippen molar-refractivity contribution in [2.24, 2.45) is 5.73 Å². The minimum Gasteiger partial charge on any atom is -0.491 e. The summed E-state index contributed by atoms with van der Waals surface area (Å²) >= 11 is 3.56. The summed E-state index contributed by atoms with van der Waals surface area (Å²) in [6.45, 7) is 10.1. The van der Waals surface area contributed by atoms with Gasteiger partial charge >= 0.3 is 0 Å². The van der Waals surface area contributed by atoms with Crippen LogP contribution in [-0.4, -0.2) is 37.2 Å². The second-order valence-corrected chi connectivity index (χ2v) is 5.64. The molecular formula is C15H25BrN2O. The van der Waals surface area contributed by atoms with Crippen molar-refractivity contribution in [1.82, 2.24) is 4.90 Å². The highest BCUT2D eigenvalue weighted by atomic mass is 79.9. The van der Waals surface area contributed by atoms with Gasteiger partial charge in [0.15, 0.2) is 0 Å². The van der Waals surface area contributed by atoms with Gasteiger partial charge in [-0.3, -0.25) is 0 Å². The molecule has 0 radical (unpaired) electrons. The van der Waals surface area contributed by atoms with Gasteiger partial charge in [-0.15, -0.1) is 0 Å². The number of para-hydroxylation sites is 1. The first-order valence-corrected chi connectivity index (χ1v) is 7.75. The van der Waals surface area contributed by atoms with Crippen LogP contribution in [-0.2, 0) is 6.42 Å². The Labute approximate surface area is 125 Å². The molecule has 0 amide bonds. The van der Waals surface area contributed by atoms with Crippen molar-refractivity contribution in [3.63, 3.8) is 0 Å². The quantitative estimate of drug-likeness (QED) is 0.797. The summed E-state index contributed by atoms with van der Waals surface area (Å²) in [6.07, 6.45) is 0.833. The van der Waals surface area contributed by atoms with Crippen LogP contribution in [0.3, 0.4) is 0 Å². The number of hydrogen-bond donors (Lipinski definition) is 1. The van der Waals surface area contributed by atoms with Crippen molar-refractivity contribution >= 4 is 15.9 Å². The van der Waals surface area contributed by atoms with Gasteiger partial charge in [0.05, 0.1) is 4.47 Å². The number of nitrogens with zero attached hydrogens (tertiary/aromatic N) is 1. The Morgan fingerprint density at radius 3 is 2.58 bits per heavy atom. The van der Waals surface area contributed by atoms with Crippen molar-refractivity contribution in [3.8, 4) is 5.75 Å². The standard InChI is InChI=1S/C15H25BrN2O/c1-4-18(5-2)9-10-19-15-13(11-12(3)17)7-6-8-14(15)16/h6-8,12H,4-5,9-11,17H2,1-3H3. The number of benzene rings is 1. The summed E-state index contributed by atoms with van der Waals surface area (Å²) in [5.41, 5.74) is 7.05. The number of rotatable bonds is 8. The number of halogens is 1. The van der Waals surface area contributed by atoms with Crippen LogP contribution in [0.5, 0.6) is 5.75 Å². The fourth-order valence-electron chi connectivity index (χ4n) is 2.04. The molecule has 3 nitrogen and oxygen atoms in total. The number of likely N-dealkylation sites (N-methyl/N-ethyl adjacent to an activating group) is 1. The summed E-state index contributed by atoms with van der Waals surface area (Å²) < 4.78 is 6.96. The van der Waals surface area contributed by atoms with E-state index in [1.807, 2.05) is 19.1 Å². The molecule has 1 aromatic rings. The Morgan fingerprint density at radius 1 is 1.32 bits per heavy atom. The first kappa shape index (κ1) is 16.5. The smallest absolute Gasteiger partial charge is 0.136 e. The van der Waals surface area contributed by atoms with Gasteiger partial charge < -0.3 is 15.4 Å². The molecule has 1 unspecified atom stereocenters. The van der Waals surface area contributed by atoms with Crippen LogP contribution in [0, 0.1) is 0 Å². The van der Waals surface area contributed by atoms with E-state index in [9.17, 15) is 0 Å². The maximum atomic E-state index is 5.96. The molecule has 0 aromatic heterocycles. The van der Waals surface area contributed by atoms with Crippen LogP contribution < -0.4 is 10.5 Å². The zero-order valence-corrected chi connectivity index (χ0v) is 13.7. The third kappa shape index (κ3) is 5.51. The first-order valence-electron chi connectivity index (χ1n) is 6.96. The SMILES string of the molecule is CCN(CC)CCOc1c(Br)cccc1CC(C)N. The van der Waals surface area contributed by atoms with E-state index in [1.54, 1.807) is 0 Å². The van der Waals surface area contributed by atoms with Gasteiger partial charge in [0.1, 0.15) is 12.4 Å². The van der Waals surface area contributed by atoms with Gasteiger partial charge in [-0.05, 0) is 54.0 Å². The molecule has 0 aliphatic heterocycles. The molecular weight excluding hydrogens is 304 g/mol. The van der Waals surface area contributed by atoms with Crippen LogP contribution in [0.25, 0.3) is 0 Å². The molecule has 1 atom stereocenters. The van der Waals surface area contributed by atoms with Gasteiger partial charge in [-0.25, -0.2) is 0 Å². The molecule has 1 rings (SSSR count). The fourth-order valence-corrected chi connectivity index (χ4v) is 2.56. The van der Waals surface area contributed by atoms with Gasteiger partial charge in [0, 0.05) is 12.6 Å². The predicted molar refractivity (Wildman–Crippen MR) is 84.8 cm³/mol. The van der Waals surface area contributed by atoms with Crippen molar-refractivity contribution in [3.05, 3.63) is 28.2 Å². The molecule has 108 valence electrons. The van der Waals surface area contributed by atoms with E-state index in [-0.39, 0.29) is 6.04 Å². The third-order valence-corrected chi connectivity index (χ3v) is 3.76. The largest absolute Gasteiger partial charge is 0.491 e. The number of hydrogen-bond acceptors (Lipinski definition) is 3. The maximum Gasteiger partial charge on any atom is 0.136 e. The third-order valence-electron chi connectivity index (χ3n) is 3.14. The average Bonchev–Trinajstić information content (AvgIpc) is 2.37. The van der Waals surface area contributed by atoms with E-state index < -0.39 is 0 Å². The minimum atomic E-state index is 0.138. The van der Waals surface area contributed by atoms with Crippen molar-refractivity contribution < 1.29 is 4.74 Å². The molecule has 0 saturated carbocycles. The van der Waals surface area contributed by atoms with Crippen LogP contribution in [0.2, 0.25) is 0 Å². The van der Waals surface area contributed by atoms with Gasteiger partial charge in [-0.1, -0.05) is 26.0 Å². The topological polar surface area (TPSA) is 38.5 Å². The normalized spacial score (nSPS) is 12.7. The average molecular weight is 329 g/mol. The Kier molecular flexibility index (Phi) is 7.42. The summed E-state index contributed by atoms with van der Waals surface area (Å²) in [4.78, 5) is 2.35. The van der Waals surface area contributed by atoms with Crippen LogP contribution in [0.1, 0.15) is 26.3 Å². The first-order chi connectivity index (χ1) is 9.08. The Balaban J connectivity index is 2.65. The molecule has 0 aliphatic rings. The fraction of sp³-hybridized carbons (Fsp3) is 0.600. The molecule has 0 aliphatic carbocycles. The number of ether oxygens (including phenoxy) is 1. The highest BCUT2D eigenvalue weighted by molar-refractivity contribution is 9.10. The molecule has 0 bridgehead atoms. The molecule has 0 fully saturated rings. The summed E-state index contributed by atoms with van der Waals surface area (Å²) in [5, 5.41) is 0. The maximum absolute atomic E-state index is 5.96. The van der Waals surface area contributed by atoms with Crippen LogP contribution >= 0.6 is 15.9 Å². The Bertz CT molecular complexity index is 378. The lowest BCUT2D eigenvalue weighted by Gasteiger charge is -2.20. The van der Waals surface area contributed by atoms with E-state index in [0.29, 0.717) is 6.61 Å². The lowest BCUT2D eigenvalue weighted by Crippen LogP contribution is -2.28. The summed E-state index contributed by atoms with van der Waals surface area (Å²) in [7, 11) is 0. The minimum absolute atomic E-state index is 0.138. The lowest BCUT2D eigenvalue weighted by molar-refractivity contribution is 0.220. The molecule has 4 heteroatoms. The van der Waals surface area contributed by atoms with Gasteiger partial charge in [0.25, 0.3) is 0 Å². The van der Waals surface area contributed by atoms with Crippen LogP contribution in [0.15, 0.2) is 22.7 Å². The molecule has 2 N–H and O–H groups in total. The zero-order valence-electron chi connectivity index (χ0n) is 12.2. The number of nitrogens with two attached hydrogens (primary N) is 1. The van der Waals surface area contributed by atoms with Crippen molar-refractivity contribution in [1.29, 1.82) is 0 Å². The second kappa shape index (κ2) is 8.56. The lowest BCUT2D eigenvalue weighted by atomic mass is 10.1. The highest BCUT2D eigenvalue weighted by Crippen LogP contribution is 2.29. The Morgan fingerprint density at radius 2 is 2.00 bits per heavy atom. The van der Waals surface area contributed by atoms with E-state index in [1.165, 1.54) is 5.56 Å². The molecule has 19 heavy (non-hydrogen) atoms. The van der Waals surface area contributed by atoms with Crippen LogP contribution in [0.4, 0.5) is 0 Å². The molecule has 1 aromatic carbocycles. The molecule has 0 spiro atoms. The van der Waals surface area contributed by atoms with Gasteiger partial charge in [-0.2, -0.15) is 0 Å². The summed E-state index contributed by atoms with van der Waals surface area (Å²) in [6, 6.07) is 6.26. The van der Waals surface area contributed by atoms with E-state index in [0.717, 1.165) is 36.3 Å². The van der Waals surface area contributed by atoms with E-state index >= 15 is 0 Å². The monoisotopic (exact) mass is 328 g/mol. The van der Waals surface area contributed by atoms with E-state index in [2.05, 4.69) is 40.7 Å². The summed E-state index contributed by atoms with van der Waals surface area (Å²) in [5.74, 6) is 0.937. The highest BCUT2D eigenvalue weighted by Gasteiger charge is 2.10. The zero-order chi connectivity index (χ0) is 14.3. The second-order valence-electron chi connectivity index (χ2n) is 4.78. The van der Waals surface area contributed by atoms with Crippen molar-refractivity contribution in [2.45, 2.75) is 33.2 Å². The van der Waals surface area contributed by atoms with Crippen molar-refractivity contribution in [2.75, 3.05) is 26.2 Å². The predicted octanol–water partition coefficient (Wildman–Crippen LogP) is 3.06. The van der Waals surface area contributed by atoms with Gasteiger partial charge in [0.2, 0.25) is 0 Å². The Hall–Kier alpha value is -0.580. The van der Waals surface area contributed by atoms with E-state index in [4.69, 9.17) is 10.5 Å². The molecule has 0 heterocycles. The molecule has 0 saturated heterocycles.